The number of benzene rings is 2. The molecule has 0 unspecified atom stereocenters. The van der Waals surface area contributed by atoms with Crippen LogP contribution in [0.3, 0.4) is 0 Å². The minimum absolute atomic E-state index is 0.0388. The molecule has 240 valence electrons. The van der Waals surface area contributed by atoms with Crippen LogP contribution in [0.2, 0.25) is 0 Å². The van der Waals surface area contributed by atoms with Crippen LogP contribution in [0.1, 0.15) is 28.5 Å². The second kappa shape index (κ2) is 11.6. The molecule has 15 heteroatoms. The molecular weight excluding hydrogens is 622 g/mol. The number of hydrogen-bond donors (Lipinski definition) is 4. The van der Waals surface area contributed by atoms with Gasteiger partial charge in [0.2, 0.25) is 11.5 Å². The Morgan fingerprint density at radius 1 is 1.06 bits per heavy atom. The summed E-state index contributed by atoms with van der Waals surface area (Å²) in [5, 5.41) is 24.8. The van der Waals surface area contributed by atoms with Gasteiger partial charge >= 0.3 is 6.18 Å². The Balaban J connectivity index is 1.40. The number of nitrogens with one attached hydrogen (secondary N) is 2. The molecule has 3 aromatic heterocycles. The standard InChI is InChI=1S/C32H25F4N7O4/c1-30(29(37)45)16-47-27-21(30)14-23(42-26(27)17-6-8-20(33)9-7-17)31(46,32(34,35)36)15-39-28(44)19-12-18-4-2-10-38-25(18)22(13-19)41-24-5-3-11-40-43-24/h2-14,46H,15-16H2,1H3,(H2,37,45)(H,39,44)(H,41,43)/t30-,31-/m0/s1. The van der Waals surface area contributed by atoms with Gasteiger partial charge in [0.15, 0.2) is 5.82 Å². The third-order valence-electron chi connectivity index (χ3n) is 7.93. The molecule has 2 amide bonds. The van der Waals surface area contributed by atoms with Crippen LogP contribution in [-0.2, 0) is 15.8 Å². The summed E-state index contributed by atoms with van der Waals surface area (Å²) in [6.45, 7) is -0.287. The first-order valence-electron chi connectivity index (χ1n) is 14.1. The van der Waals surface area contributed by atoms with E-state index in [0.717, 1.165) is 18.2 Å². The van der Waals surface area contributed by atoms with E-state index < -0.39 is 47.1 Å². The van der Waals surface area contributed by atoms with Gasteiger partial charge in [-0.25, -0.2) is 9.37 Å². The monoisotopic (exact) mass is 647 g/mol. The van der Waals surface area contributed by atoms with Gasteiger partial charge in [0, 0.05) is 34.5 Å². The lowest BCUT2D eigenvalue weighted by molar-refractivity contribution is -0.265. The van der Waals surface area contributed by atoms with E-state index in [1.807, 2.05) is 0 Å². The third-order valence-corrected chi connectivity index (χ3v) is 7.93. The van der Waals surface area contributed by atoms with Gasteiger partial charge in [0.05, 0.1) is 23.4 Å². The SMILES string of the molecule is C[C@]1(C(N)=O)COc2c1cc([C@@](O)(CNC(=O)c1cc(Nc3cccnn3)c3ncccc3c1)C(F)(F)F)nc2-c1ccc(F)cc1. The first kappa shape index (κ1) is 31.3. The van der Waals surface area contributed by atoms with Crippen molar-refractivity contribution in [1.29, 1.82) is 0 Å². The second-order valence-corrected chi connectivity index (χ2v) is 11.1. The molecule has 1 aliphatic rings. The molecule has 0 saturated heterocycles. The van der Waals surface area contributed by atoms with Crippen LogP contribution in [0.25, 0.3) is 22.2 Å². The van der Waals surface area contributed by atoms with E-state index in [-0.39, 0.29) is 34.7 Å². The van der Waals surface area contributed by atoms with Crippen molar-refractivity contribution in [2.45, 2.75) is 24.1 Å². The van der Waals surface area contributed by atoms with Crippen molar-refractivity contribution in [3.05, 3.63) is 102 Å². The Morgan fingerprint density at radius 2 is 1.81 bits per heavy atom. The third kappa shape index (κ3) is 5.65. The number of nitrogens with zero attached hydrogens (tertiary/aromatic N) is 4. The van der Waals surface area contributed by atoms with E-state index in [1.54, 1.807) is 24.3 Å². The summed E-state index contributed by atoms with van der Waals surface area (Å²) in [4.78, 5) is 34.3. The van der Waals surface area contributed by atoms with Crippen molar-refractivity contribution in [2.24, 2.45) is 5.73 Å². The minimum Gasteiger partial charge on any atom is -0.489 e. The van der Waals surface area contributed by atoms with Crippen LogP contribution in [0, 0.1) is 5.82 Å². The number of anilines is 2. The fourth-order valence-corrected chi connectivity index (χ4v) is 5.17. The van der Waals surface area contributed by atoms with Crippen molar-refractivity contribution >= 4 is 34.2 Å². The zero-order chi connectivity index (χ0) is 33.6. The van der Waals surface area contributed by atoms with Gasteiger partial charge < -0.3 is 26.2 Å². The number of carbonyl (C=O) groups is 2. The van der Waals surface area contributed by atoms with E-state index in [1.165, 1.54) is 43.6 Å². The van der Waals surface area contributed by atoms with Crippen LogP contribution >= 0.6 is 0 Å². The molecule has 5 aromatic rings. The van der Waals surface area contributed by atoms with Crippen molar-refractivity contribution in [1.82, 2.24) is 25.5 Å². The number of aromatic nitrogens is 4. The van der Waals surface area contributed by atoms with E-state index in [0.29, 0.717) is 22.4 Å². The molecule has 0 radical (unpaired) electrons. The number of aliphatic hydroxyl groups is 1. The largest absolute Gasteiger partial charge is 0.489 e. The number of nitrogens with two attached hydrogens (primary N) is 1. The average Bonchev–Trinajstić information content (AvgIpc) is 3.41. The van der Waals surface area contributed by atoms with Crippen LogP contribution in [-0.4, -0.2) is 56.4 Å². The number of primary amides is 1. The molecule has 0 aliphatic carbocycles. The van der Waals surface area contributed by atoms with Crippen LogP contribution < -0.4 is 21.1 Å². The lowest BCUT2D eigenvalue weighted by Gasteiger charge is -2.31. The predicted octanol–water partition coefficient (Wildman–Crippen LogP) is 4.28. The first-order chi connectivity index (χ1) is 22.3. The summed E-state index contributed by atoms with van der Waals surface area (Å²) in [5.41, 5.74) is -0.00505. The van der Waals surface area contributed by atoms with Gasteiger partial charge in [-0.3, -0.25) is 14.6 Å². The molecule has 11 nitrogen and oxygen atoms in total. The van der Waals surface area contributed by atoms with Gasteiger partial charge in [-0.2, -0.15) is 18.3 Å². The Bertz CT molecular complexity index is 2010. The molecule has 0 saturated carbocycles. The molecule has 0 spiro atoms. The smallest absolute Gasteiger partial charge is 0.424 e. The van der Waals surface area contributed by atoms with E-state index >= 15 is 0 Å². The fraction of sp³-hybridized carbons (Fsp3) is 0.188. The first-order valence-corrected chi connectivity index (χ1v) is 14.1. The molecule has 1 aliphatic heterocycles. The summed E-state index contributed by atoms with van der Waals surface area (Å²) in [5.74, 6) is -2.17. The maximum Gasteiger partial charge on any atom is 0.424 e. The Kier molecular flexibility index (Phi) is 7.71. The van der Waals surface area contributed by atoms with Gasteiger partial charge in [0.1, 0.15) is 29.3 Å². The van der Waals surface area contributed by atoms with Gasteiger partial charge in [-0.1, -0.05) is 6.07 Å². The molecular formula is C32H25F4N7O4. The average molecular weight is 648 g/mol. The summed E-state index contributed by atoms with van der Waals surface area (Å²) in [7, 11) is 0. The highest BCUT2D eigenvalue weighted by atomic mass is 19.4. The Labute approximate surface area is 263 Å². The molecule has 4 heterocycles. The number of carbonyl (C=O) groups excluding carboxylic acids is 2. The number of rotatable bonds is 8. The summed E-state index contributed by atoms with van der Waals surface area (Å²) < 4.78 is 63.8. The Hall–Kier alpha value is -5.70. The lowest BCUT2D eigenvalue weighted by atomic mass is 9.81. The Morgan fingerprint density at radius 3 is 2.49 bits per heavy atom. The maximum atomic E-state index is 14.8. The molecule has 6 rings (SSSR count). The molecule has 5 N–H and O–H groups in total. The zero-order valence-corrected chi connectivity index (χ0v) is 24.5. The number of pyridine rings is 2. The number of ether oxygens (including phenoxy) is 1. The quantitative estimate of drug-likeness (QED) is 0.180. The van der Waals surface area contributed by atoms with Crippen LogP contribution in [0.5, 0.6) is 5.75 Å². The molecule has 0 bridgehead atoms. The van der Waals surface area contributed by atoms with Gasteiger partial charge in [-0.05, 0) is 67.6 Å². The topological polar surface area (TPSA) is 165 Å². The number of hydrogen-bond acceptors (Lipinski definition) is 9. The molecule has 0 fully saturated rings. The summed E-state index contributed by atoms with van der Waals surface area (Å²) in [6.07, 6.45) is -2.38. The van der Waals surface area contributed by atoms with E-state index in [2.05, 4.69) is 30.8 Å². The number of amides is 2. The van der Waals surface area contributed by atoms with Crippen molar-refractivity contribution in [3.63, 3.8) is 0 Å². The summed E-state index contributed by atoms with van der Waals surface area (Å²) >= 11 is 0. The van der Waals surface area contributed by atoms with Crippen molar-refractivity contribution in [2.75, 3.05) is 18.5 Å². The molecule has 2 aromatic carbocycles. The van der Waals surface area contributed by atoms with Gasteiger partial charge in [-0.15, -0.1) is 5.10 Å². The number of fused-ring (bicyclic) bond motifs is 2. The number of alkyl halides is 3. The minimum atomic E-state index is -5.38. The highest BCUT2D eigenvalue weighted by Crippen LogP contribution is 2.47. The highest BCUT2D eigenvalue weighted by molar-refractivity contribution is 6.02. The lowest BCUT2D eigenvalue weighted by Crippen LogP contribution is -2.51. The predicted molar refractivity (Wildman–Crippen MR) is 161 cm³/mol. The highest BCUT2D eigenvalue weighted by Gasteiger charge is 2.57. The van der Waals surface area contributed by atoms with Crippen LogP contribution in [0.4, 0.5) is 29.1 Å². The second-order valence-electron chi connectivity index (χ2n) is 11.1. The maximum absolute atomic E-state index is 14.8. The van der Waals surface area contributed by atoms with E-state index in [4.69, 9.17) is 10.5 Å². The zero-order valence-electron chi connectivity index (χ0n) is 24.5. The fourth-order valence-electron chi connectivity index (χ4n) is 5.17. The number of halogens is 4. The van der Waals surface area contributed by atoms with Gasteiger partial charge in [0.25, 0.3) is 5.91 Å². The molecule has 2 atom stereocenters. The normalized spacial score (nSPS) is 17.0. The van der Waals surface area contributed by atoms with Crippen molar-refractivity contribution in [3.8, 4) is 17.0 Å². The van der Waals surface area contributed by atoms with Crippen LogP contribution in [0.15, 0.2) is 79.1 Å². The molecule has 47 heavy (non-hydrogen) atoms. The van der Waals surface area contributed by atoms with Crippen molar-refractivity contribution < 1.29 is 37.0 Å². The van der Waals surface area contributed by atoms with E-state index in [9.17, 15) is 32.3 Å². The summed E-state index contributed by atoms with van der Waals surface area (Å²) in [6, 6.07) is 14.9.